The summed E-state index contributed by atoms with van der Waals surface area (Å²) in [6.07, 6.45) is 2.01. The van der Waals surface area contributed by atoms with E-state index in [4.69, 9.17) is 0 Å². The van der Waals surface area contributed by atoms with E-state index in [-0.39, 0.29) is 16.8 Å². The molecule has 1 atom stereocenters. The number of H-pyrrole nitrogens is 1. The minimum Gasteiger partial charge on any atom is -0.343 e. The van der Waals surface area contributed by atoms with E-state index >= 15 is 0 Å². The second-order valence-electron chi connectivity index (χ2n) is 9.58. The summed E-state index contributed by atoms with van der Waals surface area (Å²) < 4.78 is 14.9. The predicted molar refractivity (Wildman–Crippen MR) is 122 cm³/mol. The second kappa shape index (κ2) is 8.26. The van der Waals surface area contributed by atoms with Crippen LogP contribution in [0.25, 0.3) is 0 Å². The van der Waals surface area contributed by atoms with Crippen LogP contribution in [0.5, 0.6) is 0 Å². The number of rotatable bonds is 5. The Morgan fingerprint density at radius 2 is 1.97 bits per heavy atom. The van der Waals surface area contributed by atoms with Gasteiger partial charge in [0, 0.05) is 29.0 Å². The highest BCUT2D eigenvalue weighted by Gasteiger charge is 2.43. The molecule has 7 heteroatoms. The van der Waals surface area contributed by atoms with Crippen LogP contribution in [0.1, 0.15) is 64.0 Å². The van der Waals surface area contributed by atoms with Crippen molar-refractivity contribution in [3.8, 4) is 0 Å². The van der Waals surface area contributed by atoms with E-state index in [9.17, 15) is 14.0 Å². The Hall–Kier alpha value is -2.41. The molecule has 2 aromatic rings. The molecule has 0 radical (unpaired) electrons. The molecule has 0 fully saturated rings. The fourth-order valence-electron chi connectivity index (χ4n) is 4.37. The van der Waals surface area contributed by atoms with Crippen LogP contribution in [-0.2, 0) is 4.79 Å². The number of anilines is 1. The molecule has 0 spiro atoms. The fraction of sp³-hybridized carbons (Fsp3) is 0.458. The zero-order valence-electron chi connectivity index (χ0n) is 18.3. The van der Waals surface area contributed by atoms with Gasteiger partial charge < -0.3 is 10.3 Å². The van der Waals surface area contributed by atoms with Gasteiger partial charge in [-0.25, -0.2) is 9.37 Å². The highest BCUT2D eigenvalue weighted by molar-refractivity contribution is 7.99. The first-order chi connectivity index (χ1) is 14.7. The molecule has 31 heavy (non-hydrogen) atoms. The molecule has 2 N–H and O–H groups in total. The zero-order chi connectivity index (χ0) is 22.3. The molecular formula is C24H28FN3O2S. The van der Waals surface area contributed by atoms with Gasteiger partial charge in [-0.3, -0.25) is 9.59 Å². The van der Waals surface area contributed by atoms with E-state index in [2.05, 4.69) is 29.1 Å². The molecule has 2 heterocycles. The smallest absolute Gasteiger partial charge is 0.257 e. The fourth-order valence-corrected chi connectivity index (χ4v) is 5.48. The van der Waals surface area contributed by atoms with Crippen LogP contribution in [-0.4, -0.2) is 21.5 Å². The lowest BCUT2D eigenvalue weighted by atomic mass is 9.69. The lowest BCUT2D eigenvalue weighted by molar-refractivity contribution is -0.118. The Morgan fingerprint density at radius 3 is 2.68 bits per heavy atom. The summed E-state index contributed by atoms with van der Waals surface area (Å²) in [7, 11) is 0. The molecule has 1 unspecified atom stereocenters. The van der Waals surface area contributed by atoms with Gasteiger partial charge in [0.25, 0.3) is 5.56 Å². The van der Waals surface area contributed by atoms with Crippen molar-refractivity contribution in [3.63, 3.8) is 0 Å². The molecule has 1 aromatic carbocycles. The number of benzene rings is 1. The number of halogens is 1. The van der Waals surface area contributed by atoms with Gasteiger partial charge >= 0.3 is 0 Å². The molecule has 1 aliphatic heterocycles. The number of carbonyl (C=O) groups excluding carboxylic acids is 1. The van der Waals surface area contributed by atoms with Crippen molar-refractivity contribution in [1.29, 1.82) is 0 Å². The van der Waals surface area contributed by atoms with Gasteiger partial charge in [0.1, 0.15) is 11.6 Å². The van der Waals surface area contributed by atoms with E-state index in [1.54, 1.807) is 18.2 Å². The van der Waals surface area contributed by atoms with Crippen molar-refractivity contribution in [3.05, 3.63) is 62.8 Å². The van der Waals surface area contributed by atoms with E-state index in [0.29, 0.717) is 46.4 Å². The number of fused-ring (bicyclic) bond motifs is 1. The van der Waals surface area contributed by atoms with E-state index in [1.165, 1.54) is 17.8 Å². The summed E-state index contributed by atoms with van der Waals surface area (Å²) in [5.41, 5.74) is 1.34. The molecule has 4 rings (SSSR count). The van der Waals surface area contributed by atoms with Gasteiger partial charge in [0.05, 0.1) is 11.5 Å². The summed E-state index contributed by atoms with van der Waals surface area (Å²) in [5.74, 6) is 0.585. The molecule has 0 amide bonds. The van der Waals surface area contributed by atoms with Crippen molar-refractivity contribution >= 4 is 23.4 Å². The summed E-state index contributed by atoms with van der Waals surface area (Å²) >= 11 is 1.50. The molecule has 0 saturated carbocycles. The molecule has 0 bridgehead atoms. The number of allylic oxidation sites excluding steroid dienone is 2. The largest absolute Gasteiger partial charge is 0.343 e. The first-order valence-electron chi connectivity index (χ1n) is 10.7. The Kier molecular flexibility index (Phi) is 5.81. The topological polar surface area (TPSA) is 74.8 Å². The van der Waals surface area contributed by atoms with Gasteiger partial charge in [0.2, 0.25) is 0 Å². The normalized spacial score (nSPS) is 19.8. The molecule has 1 aromatic heterocycles. The number of ketones is 1. The number of thioether (sulfide) groups is 1. The van der Waals surface area contributed by atoms with Gasteiger partial charge in [0.15, 0.2) is 10.9 Å². The third-order valence-corrected chi connectivity index (χ3v) is 6.76. The molecule has 2 aliphatic rings. The molecule has 0 saturated heterocycles. The Labute approximate surface area is 185 Å². The van der Waals surface area contributed by atoms with Crippen LogP contribution in [0.2, 0.25) is 0 Å². The Morgan fingerprint density at radius 1 is 1.23 bits per heavy atom. The maximum absolute atomic E-state index is 14.9. The number of nitrogens with zero attached hydrogens (tertiary/aromatic N) is 1. The van der Waals surface area contributed by atoms with E-state index in [1.807, 2.05) is 13.8 Å². The van der Waals surface area contributed by atoms with Gasteiger partial charge in [-0.05, 0) is 30.2 Å². The summed E-state index contributed by atoms with van der Waals surface area (Å²) in [6, 6.07) is 6.36. The first-order valence-corrected chi connectivity index (χ1v) is 11.7. The van der Waals surface area contributed by atoms with Crippen LogP contribution in [0.15, 0.2) is 45.5 Å². The molecule has 1 aliphatic carbocycles. The Bertz CT molecular complexity index is 1120. The van der Waals surface area contributed by atoms with Crippen molar-refractivity contribution in [2.24, 2.45) is 11.3 Å². The van der Waals surface area contributed by atoms with E-state index < -0.39 is 11.7 Å². The lowest BCUT2D eigenvalue weighted by Gasteiger charge is -2.38. The zero-order valence-corrected chi connectivity index (χ0v) is 19.2. The van der Waals surface area contributed by atoms with Crippen LogP contribution in [0.3, 0.4) is 0 Å². The second-order valence-corrected chi connectivity index (χ2v) is 10.7. The van der Waals surface area contributed by atoms with Gasteiger partial charge in [-0.1, -0.05) is 57.7 Å². The summed E-state index contributed by atoms with van der Waals surface area (Å²) in [6.45, 7) is 8.39. The molecular weight excluding hydrogens is 413 g/mol. The molecule has 5 nitrogen and oxygen atoms in total. The third kappa shape index (κ3) is 4.33. The number of Topliss-reactive ketones (excluding diaryl/α,β-unsaturated/α-hetero) is 1. The quantitative estimate of drug-likeness (QED) is 0.490. The maximum atomic E-state index is 14.9. The average molecular weight is 442 g/mol. The SMILES string of the molecule is CC(C)CCSc1nc2c(c(=O)[nH]1)C(c1ccccc1F)C1=C(CC(C)(C)CC1=O)N2. The van der Waals surface area contributed by atoms with Gasteiger partial charge in [-0.2, -0.15) is 0 Å². The monoisotopic (exact) mass is 441 g/mol. The number of hydrogen-bond acceptors (Lipinski definition) is 5. The Balaban J connectivity index is 1.85. The molecule has 164 valence electrons. The number of carbonyl (C=O) groups is 1. The first kappa shape index (κ1) is 21.8. The van der Waals surface area contributed by atoms with Crippen molar-refractivity contribution < 1.29 is 9.18 Å². The van der Waals surface area contributed by atoms with E-state index in [0.717, 1.165) is 17.9 Å². The number of hydrogen-bond donors (Lipinski definition) is 2. The maximum Gasteiger partial charge on any atom is 0.257 e. The van der Waals surface area contributed by atoms with Gasteiger partial charge in [-0.15, -0.1) is 0 Å². The van der Waals surface area contributed by atoms with Crippen molar-refractivity contribution in [1.82, 2.24) is 9.97 Å². The van der Waals surface area contributed by atoms with Crippen LogP contribution >= 0.6 is 11.8 Å². The number of aromatic amines is 1. The highest BCUT2D eigenvalue weighted by atomic mass is 32.2. The third-order valence-electron chi connectivity index (χ3n) is 5.85. The average Bonchev–Trinajstić information content (AvgIpc) is 2.65. The summed E-state index contributed by atoms with van der Waals surface area (Å²) in [5, 5.41) is 3.81. The van der Waals surface area contributed by atoms with Crippen molar-refractivity contribution in [2.75, 3.05) is 11.1 Å². The summed E-state index contributed by atoms with van der Waals surface area (Å²) in [4.78, 5) is 33.9. The van der Waals surface area contributed by atoms with Crippen LogP contribution in [0.4, 0.5) is 10.2 Å². The standard InChI is InChI=1S/C24H28FN3O2S/c1-13(2)9-10-31-23-27-21-20(22(30)28-23)18(14-7-5-6-8-15(14)25)19-16(26-21)11-24(3,4)12-17(19)29/h5-8,13,18H,9-12H2,1-4H3,(H2,26,27,28,30). The van der Waals surface area contributed by atoms with Crippen molar-refractivity contribution in [2.45, 2.75) is 58.0 Å². The lowest BCUT2D eigenvalue weighted by Crippen LogP contribution is -2.37. The number of nitrogens with one attached hydrogen (secondary N) is 2. The highest BCUT2D eigenvalue weighted by Crippen LogP contribution is 2.48. The minimum absolute atomic E-state index is 0.0487. The minimum atomic E-state index is -0.762. The van der Waals surface area contributed by atoms with Crippen LogP contribution in [0, 0.1) is 17.2 Å². The predicted octanol–water partition coefficient (Wildman–Crippen LogP) is 5.25. The number of aromatic nitrogens is 2. The van der Waals surface area contributed by atoms with Crippen LogP contribution < -0.4 is 10.9 Å².